The topological polar surface area (TPSA) is 101 Å². The molecule has 0 saturated carbocycles. The van der Waals surface area contributed by atoms with Crippen LogP contribution in [0.25, 0.3) is 0 Å². The van der Waals surface area contributed by atoms with Crippen molar-refractivity contribution in [1.29, 1.82) is 0 Å². The molecule has 0 spiro atoms. The van der Waals surface area contributed by atoms with Crippen molar-refractivity contribution in [3.63, 3.8) is 0 Å². The first-order valence-corrected chi connectivity index (χ1v) is 7.66. The molecular formula is C11H15NO5S2. The smallest absolute Gasteiger partial charge is 0.218 e. The first-order valence-electron chi connectivity index (χ1n) is 5.51. The van der Waals surface area contributed by atoms with Gasteiger partial charge in [0, 0.05) is 23.8 Å². The highest BCUT2D eigenvalue weighted by Crippen LogP contribution is 2.25. The lowest BCUT2D eigenvalue weighted by atomic mass is 9.81. The van der Waals surface area contributed by atoms with Crippen LogP contribution >= 0.6 is 0 Å². The average Bonchev–Trinajstić information content (AvgIpc) is 2.27. The molecule has 1 aliphatic rings. The van der Waals surface area contributed by atoms with E-state index in [1.54, 1.807) is 20.8 Å². The van der Waals surface area contributed by atoms with Gasteiger partial charge in [-0.1, -0.05) is 32.0 Å². The van der Waals surface area contributed by atoms with Crippen molar-refractivity contribution >= 4 is 36.0 Å². The van der Waals surface area contributed by atoms with Gasteiger partial charge in [0.2, 0.25) is 20.6 Å². The Balaban J connectivity index is 3.53. The van der Waals surface area contributed by atoms with Crippen LogP contribution < -0.4 is 0 Å². The van der Waals surface area contributed by atoms with Gasteiger partial charge in [0.25, 0.3) is 0 Å². The summed E-state index contributed by atoms with van der Waals surface area (Å²) >= 11 is 0. The van der Waals surface area contributed by atoms with E-state index < -0.39 is 26.0 Å². The molecule has 0 aliphatic heterocycles. The minimum atomic E-state index is -2.56. The van der Waals surface area contributed by atoms with E-state index in [9.17, 15) is 16.8 Å². The maximum Gasteiger partial charge on any atom is 0.218 e. The van der Waals surface area contributed by atoms with E-state index in [1.807, 2.05) is 0 Å². The summed E-state index contributed by atoms with van der Waals surface area (Å²) in [5, 5.41) is 12.3. The van der Waals surface area contributed by atoms with Crippen molar-refractivity contribution in [1.82, 2.24) is 0 Å². The second kappa shape index (κ2) is 5.70. The first kappa shape index (κ1) is 15.6. The van der Waals surface area contributed by atoms with Crippen LogP contribution in [0.5, 0.6) is 0 Å². The molecule has 0 aromatic rings. The molecule has 19 heavy (non-hydrogen) atoms. The van der Waals surface area contributed by atoms with Gasteiger partial charge in [-0.2, -0.15) is 16.8 Å². The fraction of sp³-hybridized carbons (Fsp3) is 0.545. The van der Waals surface area contributed by atoms with Gasteiger partial charge in [0.1, 0.15) is 0 Å². The summed E-state index contributed by atoms with van der Waals surface area (Å²) in [4.78, 5) is 0.0438. The Labute approximate surface area is 114 Å². The largest absolute Gasteiger partial charge is 0.411 e. The van der Waals surface area contributed by atoms with Crippen LogP contribution in [0.3, 0.4) is 0 Å². The van der Waals surface area contributed by atoms with Crippen LogP contribution in [0.4, 0.5) is 0 Å². The van der Waals surface area contributed by atoms with E-state index in [0.717, 1.165) is 0 Å². The van der Waals surface area contributed by atoms with Gasteiger partial charge in [0.15, 0.2) is 0 Å². The standard InChI is InChI=1S/C11H15NO5S2/c1-11(2,3)10(12-13)8-5-4-7(18(14)15)6-9(8)19(16)17/h5,13H,4,6H2,1-3H3. The van der Waals surface area contributed by atoms with Gasteiger partial charge >= 0.3 is 0 Å². The molecule has 8 heteroatoms. The maximum atomic E-state index is 11.3. The quantitative estimate of drug-likeness (QED) is 0.332. The molecule has 1 rings (SSSR count). The van der Waals surface area contributed by atoms with Gasteiger partial charge in [0.05, 0.1) is 15.4 Å². The van der Waals surface area contributed by atoms with Crippen LogP contribution in [-0.2, 0) is 20.6 Å². The molecule has 0 unspecified atom stereocenters. The molecule has 106 valence electrons. The molecule has 1 aliphatic carbocycles. The van der Waals surface area contributed by atoms with Crippen LogP contribution in [-0.4, -0.2) is 37.5 Å². The maximum absolute atomic E-state index is 11.3. The normalized spacial score (nSPS) is 17.2. The first-order chi connectivity index (χ1) is 8.68. The van der Waals surface area contributed by atoms with Crippen LogP contribution in [0.15, 0.2) is 16.8 Å². The third kappa shape index (κ3) is 3.54. The van der Waals surface area contributed by atoms with Gasteiger partial charge in [-0.15, -0.1) is 0 Å². The number of hydrogen-bond donors (Lipinski definition) is 1. The van der Waals surface area contributed by atoms with Crippen LogP contribution in [0.1, 0.15) is 33.6 Å². The molecule has 0 bridgehead atoms. The third-order valence-corrected chi connectivity index (χ3v) is 4.24. The summed E-state index contributed by atoms with van der Waals surface area (Å²) in [6.07, 6.45) is 1.43. The zero-order valence-corrected chi connectivity index (χ0v) is 12.5. The van der Waals surface area contributed by atoms with E-state index in [0.29, 0.717) is 0 Å². The lowest BCUT2D eigenvalue weighted by molar-refractivity contribution is 0.311. The summed E-state index contributed by atoms with van der Waals surface area (Å²) in [6.45, 7) is 5.33. The number of oxime groups is 1. The van der Waals surface area contributed by atoms with Gasteiger partial charge in [-0.25, -0.2) is 0 Å². The SMILES string of the molecule is CC(C)(C)C(=NO)C1=CCC(=S(=O)=O)CC1=S(=O)=O. The zero-order chi connectivity index (χ0) is 14.8. The number of rotatable bonds is 1. The van der Waals surface area contributed by atoms with Crippen LogP contribution in [0.2, 0.25) is 0 Å². The lowest BCUT2D eigenvalue weighted by Crippen LogP contribution is -2.30. The predicted molar refractivity (Wildman–Crippen MR) is 73.8 cm³/mol. The molecule has 0 amide bonds. The van der Waals surface area contributed by atoms with E-state index in [2.05, 4.69) is 5.16 Å². The molecule has 0 radical (unpaired) electrons. The third-order valence-electron chi connectivity index (χ3n) is 2.69. The van der Waals surface area contributed by atoms with Crippen LogP contribution in [0, 0.1) is 5.41 Å². The molecule has 6 nitrogen and oxygen atoms in total. The molecule has 1 N–H and O–H groups in total. The number of nitrogens with zero attached hydrogens (tertiary/aromatic N) is 1. The highest BCUT2D eigenvalue weighted by molar-refractivity contribution is 7.75. The Morgan fingerprint density at radius 3 is 2.16 bits per heavy atom. The highest BCUT2D eigenvalue weighted by Gasteiger charge is 2.30. The van der Waals surface area contributed by atoms with E-state index in [1.165, 1.54) is 6.08 Å². The zero-order valence-electron chi connectivity index (χ0n) is 10.8. The number of hydrogen-bond acceptors (Lipinski definition) is 6. The van der Waals surface area contributed by atoms with E-state index in [-0.39, 0.29) is 33.9 Å². The Kier molecular flexibility index (Phi) is 4.70. The minimum absolute atomic E-state index is 0.0619. The summed E-state index contributed by atoms with van der Waals surface area (Å²) in [7, 11) is -4.98. The molecule has 0 aromatic carbocycles. The highest BCUT2D eigenvalue weighted by atomic mass is 32.2. The molecule has 0 heterocycles. The Hall–Kier alpha value is -1.41. The fourth-order valence-corrected chi connectivity index (χ4v) is 3.01. The summed E-state index contributed by atoms with van der Waals surface area (Å²) in [5.41, 5.74) is -0.0424. The molecule has 0 saturated heterocycles. The second-order valence-electron chi connectivity index (χ2n) is 5.13. The van der Waals surface area contributed by atoms with Crippen molar-refractivity contribution in [2.75, 3.05) is 0 Å². The number of allylic oxidation sites excluding steroid dienone is 2. The Bertz CT molecular complexity index is 700. The molecule has 0 atom stereocenters. The summed E-state index contributed by atoms with van der Waals surface area (Å²) in [5.74, 6) is 0. The fourth-order valence-electron chi connectivity index (χ4n) is 1.79. The Morgan fingerprint density at radius 1 is 1.21 bits per heavy atom. The van der Waals surface area contributed by atoms with Crippen molar-refractivity contribution in [2.24, 2.45) is 10.6 Å². The summed E-state index contributed by atoms with van der Waals surface area (Å²) < 4.78 is 44.3. The minimum Gasteiger partial charge on any atom is -0.411 e. The molecule has 0 fully saturated rings. The molecule has 0 aromatic heterocycles. The molecular weight excluding hydrogens is 290 g/mol. The lowest BCUT2D eigenvalue weighted by Gasteiger charge is -2.24. The van der Waals surface area contributed by atoms with Crippen molar-refractivity contribution < 1.29 is 22.0 Å². The van der Waals surface area contributed by atoms with E-state index >= 15 is 0 Å². The van der Waals surface area contributed by atoms with Crippen molar-refractivity contribution in [3.8, 4) is 0 Å². The van der Waals surface area contributed by atoms with Crippen molar-refractivity contribution in [2.45, 2.75) is 33.6 Å². The van der Waals surface area contributed by atoms with Gasteiger partial charge < -0.3 is 5.21 Å². The Morgan fingerprint density at radius 2 is 1.79 bits per heavy atom. The summed E-state index contributed by atoms with van der Waals surface area (Å²) in [6, 6.07) is 0. The van der Waals surface area contributed by atoms with Gasteiger partial charge in [-0.05, 0) is 0 Å². The average molecular weight is 305 g/mol. The van der Waals surface area contributed by atoms with E-state index in [4.69, 9.17) is 5.21 Å². The second-order valence-corrected chi connectivity index (χ2v) is 7.14. The van der Waals surface area contributed by atoms with Gasteiger partial charge in [-0.3, -0.25) is 0 Å². The predicted octanol–water partition coefficient (Wildman–Crippen LogP) is 0.686. The van der Waals surface area contributed by atoms with Crippen molar-refractivity contribution in [3.05, 3.63) is 11.6 Å². The monoisotopic (exact) mass is 305 g/mol.